The van der Waals surface area contributed by atoms with Gasteiger partial charge < -0.3 is 19.3 Å². The first kappa shape index (κ1) is 18.0. The molecule has 0 aliphatic carbocycles. The van der Waals surface area contributed by atoms with Crippen molar-refractivity contribution in [1.29, 1.82) is 0 Å². The first-order valence-corrected chi connectivity index (χ1v) is 8.62. The minimum absolute atomic E-state index is 0.108. The summed E-state index contributed by atoms with van der Waals surface area (Å²) in [6, 6.07) is 9.29. The number of carboxylic acid groups (broad SMARTS) is 1. The molecule has 2 aromatic rings. The monoisotopic (exact) mass is 356 g/mol. The van der Waals surface area contributed by atoms with Crippen LogP contribution < -0.4 is 4.74 Å². The van der Waals surface area contributed by atoms with Crippen LogP contribution in [0.3, 0.4) is 0 Å². The molecule has 0 radical (unpaired) electrons. The summed E-state index contributed by atoms with van der Waals surface area (Å²) in [5.74, 6) is -1.18. The van der Waals surface area contributed by atoms with Crippen molar-refractivity contribution in [3.05, 3.63) is 52.8 Å². The second kappa shape index (κ2) is 6.86. The van der Waals surface area contributed by atoms with E-state index in [2.05, 4.69) is 0 Å². The third-order valence-corrected chi connectivity index (χ3v) is 5.45. The molecule has 6 nitrogen and oxygen atoms in total. The second-order valence-corrected chi connectivity index (χ2v) is 6.88. The number of carbonyl (C=O) groups excluding carboxylic acids is 1. The summed E-state index contributed by atoms with van der Waals surface area (Å²) in [7, 11) is 3.50. The van der Waals surface area contributed by atoms with Gasteiger partial charge in [-0.1, -0.05) is 12.1 Å². The van der Waals surface area contributed by atoms with E-state index >= 15 is 0 Å². The van der Waals surface area contributed by atoms with Crippen LogP contribution in [-0.4, -0.2) is 46.6 Å². The molecule has 0 spiro atoms. The van der Waals surface area contributed by atoms with Crippen molar-refractivity contribution in [1.82, 2.24) is 9.47 Å². The van der Waals surface area contributed by atoms with Gasteiger partial charge in [-0.15, -0.1) is 0 Å². The molecule has 2 atom stereocenters. The summed E-state index contributed by atoms with van der Waals surface area (Å²) in [6.07, 6.45) is 0. The van der Waals surface area contributed by atoms with Gasteiger partial charge in [0.25, 0.3) is 5.91 Å². The number of nitrogens with zero attached hydrogens (tertiary/aromatic N) is 2. The van der Waals surface area contributed by atoms with Gasteiger partial charge in [-0.2, -0.15) is 0 Å². The quantitative estimate of drug-likeness (QED) is 0.914. The first-order valence-electron chi connectivity index (χ1n) is 8.62. The van der Waals surface area contributed by atoms with Crippen molar-refractivity contribution in [2.45, 2.75) is 19.8 Å². The average molecular weight is 356 g/mol. The van der Waals surface area contributed by atoms with Crippen LogP contribution in [0.25, 0.3) is 0 Å². The molecular weight excluding hydrogens is 332 g/mol. The maximum atomic E-state index is 13.0. The smallest absolute Gasteiger partial charge is 0.308 e. The van der Waals surface area contributed by atoms with E-state index in [-0.39, 0.29) is 18.4 Å². The summed E-state index contributed by atoms with van der Waals surface area (Å²) in [5.41, 5.74) is 3.42. The average Bonchev–Trinajstić information content (AvgIpc) is 3.19. The molecule has 2 heterocycles. The lowest BCUT2D eigenvalue weighted by Gasteiger charge is -2.17. The molecular formula is C20H24N2O4. The summed E-state index contributed by atoms with van der Waals surface area (Å²) in [5, 5.41) is 9.67. The minimum Gasteiger partial charge on any atom is -0.497 e. The summed E-state index contributed by atoms with van der Waals surface area (Å²) in [6.45, 7) is 4.46. The summed E-state index contributed by atoms with van der Waals surface area (Å²) < 4.78 is 7.22. The Labute approximate surface area is 153 Å². The number of amides is 1. The fraction of sp³-hybridized carbons (Fsp3) is 0.400. The van der Waals surface area contributed by atoms with Gasteiger partial charge in [0.05, 0.1) is 18.6 Å². The molecule has 1 fully saturated rings. The molecule has 0 saturated carbocycles. The first-order chi connectivity index (χ1) is 12.3. The number of hydrogen-bond donors (Lipinski definition) is 1. The lowest BCUT2D eigenvalue weighted by Crippen LogP contribution is -2.30. The number of aromatic nitrogens is 1. The zero-order valence-corrected chi connectivity index (χ0v) is 15.5. The molecule has 1 aliphatic rings. The number of carboxylic acids is 1. The highest BCUT2D eigenvalue weighted by Gasteiger charge is 2.41. The van der Waals surface area contributed by atoms with Crippen LogP contribution in [0.15, 0.2) is 30.3 Å². The van der Waals surface area contributed by atoms with Crippen molar-refractivity contribution in [3.8, 4) is 5.75 Å². The Balaban J connectivity index is 1.90. The Kier molecular flexibility index (Phi) is 4.76. The number of aryl methyl sites for hydroxylation is 1. The maximum absolute atomic E-state index is 13.0. The number of aliphatic carboxylic acids is 1. The number of likely N-dealkylation sites (tertiary alicyclic amines) is 1. The number of carbonyl (C=O) groups is 2. The van der Waals surface area contributed by atoms with E-state index in [1.165, 1.54) is 0 Å². The molecule has 1 aromatic heterocycles. The Morgan fingerprint density at radius 2 is 1.92 bits per heavy atom. The number of benzene rings is 1. The van der Waals surface area contributed by atoms with Gasteiger partial charge in [-0.25, -0.2) is 0 Å². The van der Waals surface area contributed by atoms with Gasteiger partial charge in [-0.3, -0.25) is 9.59 Å². The number of rotatable bonds is 4. The third-order valence-electron chi connectivity index (χ3n) is 5.45. The standard InChI is InChI=1S/C20H24N2O4/c1-12-8-16(13(2)21(12)3)19(23)22-10-17(18(11-22)20(24)25)14-6-5-7-15(9-14)26-4/h5-9,17-18H,10-11H2,1-4H3,(H,24,25)/t17-,18+/m0/s1. The van der Waals surface area contributed by atoms with E-state index in [9.17, 15) is 14.7 Å². The predicted molar refractivity (Wildman–Crippen MR) is 97.7 cm³/mol. The summed E-state index contributed by atoms with van der Waals surface area (Å²) in [4.78, 5) is 26.5. The molecule has 26 heavy (non-hydrogen) atoms. The Hall–Kier alpha value is -2.76. The van der Waals surface area contributed by atoms with Gasteiger partial charge in [0.2, 0.25) is 0 Å². The summed E-state index contributed by atoms with van der Waals surface area (Å²) >= 11 is 0. The Morgan fingerprint density at radius 1 is 1.19 bits per heavy atom. The number of ether oxygens (including phenoxy) is 1. The minimum atomic E-state index is -0.880. The van der Waals surface area contributed by atoms with Crippen molar-refractivity contribution in [2.75, 3.05) is 20.2 Å². The van der Waals surface area contributed by atoms with Gasteiger partial charge in [0, 0.05) is 37.4 Å². The molecule has 1 saturated heterocycles. The largest absolute Gasteiger partial charge is 0.497 e. The van der Waals surface area contributed by atoms with Gasteiger partial charge in [0.15, 0.2) is 0 Å². The molecule has 0 unspecified atom stereocenters. The van der Waals surface area contributed by atoms with E-state index in [0.717, 1.165) is 17.0 Å². The molecule has 1 aliphatic heterocycles. The SMILES string of the molecule is COc1cccc([C@@H]2CN(C(=O)c3cc(C)n(C)c3C)C[C@H]2C(=O)O)c1. The van der Waals surface area contributed by atoms with Crippen molar-refractivity contribution in [3.63, 3.8) is 0 Å². The highest BCUT2D eigenvalue weighted by Crippen LogP contribution is 2.35. The Morgan fingerprint density at radius 3 is 2.50 bits per heavy atom. The lowest BCUT2D eigenvalue weighted by molar-refractivity contribution is -0.141. The van der Waals surface area contributed by atoms with Crippen LogP contribution in [0.5, 0.6) is 5.75 Å². The molecule has 0 bridgehead atoms. The lowest BCUT2D eigenvalue weighted by atomic mass is 9.89. The van der Waals surface area contributed by atoms with Crippen LogP contribution >= 0.6 is 0 Å². The molecule has 1 aromatic carbocycles. The van der Waals surface area contributed by atoms with Crippen LogP contribution in [0.1, 0.15) is 33.2 Å². The normalized spacial score (nSPS) is 19.6. The van der Waals surface area contributed by atoms with Crippen molar-refractivity contribution < 1.29 is 19.4 Å². The van der Waals surface area contributed by atoms with E-state index in [1.807, 2.05) is 55.8 Å². The zero-order chi connectivity index (χ0) is 19.0. The van der Waals surface area contributed by atoms with E-state index < -0.39 is 11.9 Å². The van der Waals surface area contributed by atoms with Crippen molar-refractivity contribution >= 4 is 11.9 Å². The zero-order valence-electron chi connectivity index (χ0n) is 15.5. The van der Waals surface area contributed by atoms with Crippen LogP contribution in [0, 0.1) is 19.8 Å². The van der Waals surface area contributed by atoms with E-state index in [1.54, 1.807) is 12.0 Å². The fourth-order valence-electron chi connectivity index (χ4n) is 3.67. The van der Waals surface area contributed by atoms with Gasteiger partial charge in [0.1, 0.15) is 5.75 Å². The molecule has 1 amide bonds. The van der Waals surface area contributed by atoms with Crippen LogP contribution in [0.2, 0.25) is 0 Å². The second-order valence-electron chi connectivity index (χ2n) is 6.88. The maximum Gasteiger partial charge on any atom is 0.308 e. The number of hydrogen-bond acceptors (Lipinski definition) is 3. The van der Waals surface area contributed by atoms with Crippen LogP contribution in [0.4, 0.5) is 0 Å². The Bertz CT molecular complexity index is 855. The van der Waals surface area contributed by atoms with Gasteiger partial charge >= 0.3 is 5.97 Å². The molecule has 3 rings (SSSR count). The van der Waals surface area contributed by atoms with Crippen LogP contribution in [-0.2, 0) is 11.8 Å². The molecule has 1 N–H and O–H groups in total. The third kappa shape index (κ3) is 3.07. The highest BCUT2D eigenvalue weighted by atomic mass is 16.5. The highest BCUT2D eigenvalue weighted by molar-refractivity contribution is 5.96. The fourth-order valence-corrected chi connectivity index (χ4v) is 3.67. The molecule has 6 heteroatoms. The topological polar surface area (TPSA) is 71.8 Å². The van der Waals surface area contributed by atoms with Gasteiger partial charge in [-0.05, 0) is 37.6 Å². The van der Waals surface area contributed by atoms with Crippen molar-refractivity contribution in [2.24, 2.45) is 13.0 Å². The predicted octanol–water partition coefficient (Wildman–Crippen LogP) is 2.59. The van der Waals surface area contributed by atoms with E-state index in [4.69, 9.17) is 4.74 Å². The molecule has 138 valence electrons. The van der Waals surface area contributed by atoms with E-state index in [0.29, 0.717) is 17.9 Å². The number of methoxy groups -OCH3 is 1.